The first-order valence-electron chi connectivity index (χ1n) is 11.8. The number of methoxy groups -OCH3 is 1. The zero-order valence-electron chi connectivity index (χ0n) is 20.5. The third kappa shape index (κ3) is 5.68. The lowest BCUT2D eigenvalue weighted by Crippen LogP contribution is -2.39. The molecule has 1 aliphatic rings. The quantitative estimate of drug-likeness (QED) is 0.376. The topological polar surface area (TPSA) is 71.1 Å². The maximum atomic E-state index is 13.6. The summed E-state index contributed by atoms with van der Waals surface area (Å²) in [5, 5.41) is 5.35. The molecular weight excluding hydrogens is 494 g/mol. The highest BCUT2D eigenvalue weighted by Crippen LogP contribution is 2.30. The van der Waals surface area contributed by atoms with E-state index in [9.17, 15) is 9.59 Å². The summed E-state index contributed by atoms with van der Waals surface area (Å²) >= 11 is 7.45. The molecule has 3 aromatic rings. The van der Waals surface area contributed by atoms with Crippen molar-refractivity contribution in [3.05, 3.63) is 70.4 Å². The molecule has 188 valence electrons. The number of benzene rings is 2. The summed E-state index contributed by atoms with van der Waals surface area (Å²) in [7, 11) is 1.59. The second-order valence-electron chi connectivity index (χ2n) is 8.35. The molecule has 1 saturated heterocycles. The first kappa shape index (κ1) is 25.7. The van der Waals surface area contributed by atoms with Gasteiger partial charge in [0.05, 0.1) is 25.8 Å². The summed E-state index contributed by atoms with van der Waals surface area (Å²) in [6.45, 7) is 5.10. The van der Waals surface area contributed by atoms with Gasteiger partial charge in [-0.1, -0.05) is 0 Å². The van der Waals surface area contributed by atoms with Gasteiger partial charge in [-0.05, 0) is 98.0 Å². The maximum absolute atomic E-state index is 13.6. The highest BCUT2D eigenvalue weighted by Gasteiger charge is 2.44. The van der Waals surface area contributed by atoms with E-state index in [0.29, 0.717) is 35.4 Å². The van der Waals surface area contributed by atoms with Crippen LogP contribution >= 0.6 is 23.6 Å². The highest BCUT2D eigenvalue weighted by atomic mass is 32.1. The molecule has 0 unspecified atom stereocenters. The van der Waals surface area contributed by atoms with Crippen LogP contribution in [-0.2, 0) is 16.0 Å². The minimum Gasteiger partial charge on any atom is -0.497 e. The number of thiophene rings is 1. The normalized spacial score (nSPS) is 15.4. The number of hydrogen-bond donors (Lipinski definition) is 1. The molecule has 2 aromatic carbocycles. The van der Waals surface area contributed by atoms with Gasteiger partial charge in [-0.15, -0.1) is 11.3 Å². The van der Waals surface area contributed by atoms with E-state index in [-0.39, 0.29) is 18.2 Å². The van der Waals surface area contributed by atoms with E-state index in [1.165, 1.54) is 15.3 Å². The van der Waals surface area contributed by atoms with Crippen molar-refractivity contribution < 1.29 is 19.1 Å². The van der Waals surface area contributed by atoms with Crippen LogP contribution in [0.2, 0.25) is 0 Å². The van der Waals surface area contributed by atoms with E-state index >= 15 is 0 Å². The van der Waals surface area contributed by atoms with Crippen LogP contribution in [0.4, 0.5) is 11.4 Å². The molecule has 36 heavy (non-hydrogen) atoms. The number of anilines is 2. The fourth-order valence-corrected chi connectivity index (χ4v) is 5.44. The van der Waals surface area contributed by atoms with Gasteiger partial charge in [0.1, 0.15) is 17.5 Å². The van der Waals surface area contributed by atoms with Crippen LogP contribution in [0.5, 0.6) is 11.5 Å². The summed E-state index contributed by atoms with van der Waals surface area (Å²) in [6, 6.07) is 15.7. The number of ether oxygens (including phenoxy) is 2. The maximum Gasteiger partial charge on any atom is 0.256 e. The molecule has 1 aliphatic heterocycles. The smallest absolute Gasteiger partial charge is 0.256 e. The van der Waals surface area contributed by atoms with Crippen LogP contribution in [0.1, 0.15) is 23.8 Å². The molecule has 0 bridgehead atoms. The lowest BCUT2D eigenvalue weighted by Gasteiger charge is -2.24. The average molecular weight is 524 g/mol. The van der Waals surface area contributed by atoms with Crippen LogP contribution in [0, 0.1) is 6.92 Å². The van der Waals surface area contributed by atoms with E-state index in [0.717, 1.165) is 12.2 Å². The van der Waals surface area contributed by atoms with E-state index in [1.54, 1.807) is 67.0 Å². The van der Waals surface area contributed by atoms with Gasteiger partial charge in [0.2, 0.25) is 5.91 Å². The number of nitrogens with zero attached hydrogens (tertiary/aromatic N) is 2. The fourth-order valence-electron chi connectivity index (χ4n) is 4.13. The summed E-state index contributed by atoms with van der Waals surface area (Å²) in [4.78, 5) is 31.2. The molecule has 1 fully saturated rings. The van der Waals surface area contributed by atoms with Crippen molar-refractivity contribution >= 4 is 51.9 Å². The van der Waals surface area contributed by atoms with Crippen molar-refractivity contribution in [1.82, 2.24) is 4.90 Å². The summed E-state index contributed by atoms with van der Waals surface area (Å²) < 4.78 is 10.7. The zero-order valence-corrected chi connectivity index (χ0v) is 22.2. The van der Waals surface area contributed by atoms with Gasteiger partial charge in [-0.3, -0.25) is 14.5 Å². The average Bonchev–Trinajstić information content (AvgIpc) is 3.39. The largest absolute Gasteiger partial charge is 0.497 e. The van der Waals surface area contributed by atoms with E-state index in [4.69, 9.17) is 21.7 Å². The number of aryl methyl sites for hydroxylation is 1. The standard InChI is InChI=1S/C27H29N3O4S2/c1-4-34-22-9-5-19(6-10-22)28-25(31)17-23-26(32)30(20-7-11-21(33-3)12-8-20)27(35)29(23)15-13-24-18(2)14-16-36-24/h5-12,14,16,23H,4,13,15,17H2,1-3H3,(H,28,31)/t23-/m1/s1. The van der Waals surface area contributed by atoms with Crippen molar-refractivity contribution in [2.24, 2.45) is 0 Å². The number of rotatable bonds is 10. The third-order valence-electron chi connectivity index (χ3n) is 6.03. The van der Waals surface area contributed by atoms with E-state index in [1.807, 2.05) is 11.8 Å². The van der Waals surface area contributed by atoms with Crippen molar-refractivity contribution in [1.29, 1.82) is 0 Å². The second kappa shape index (κ2) is 11.5. The Hall–Kier alpha value is -3.43. The second-order valence-corrected chi connectivity index (χ2v) is 9.72. The molecule has 1 N–H and O–H groups in total. The van der Waals surface area contributed by atoms with Gasteiger partial charge in [0, 0.05) is 17.1 Å². The summed E-state index contributed by atoms with van der Waals surface area (Å²) in [6.07, 6.45) is 0.729. The molecule has 0 radical (unpaired) electrons. The molecular formula is C27H29N3O4S2. The van der Waals surface area contributed by atoms with Crippen molar-refractivity contribution in [3.63, 3.8) is 0 Å². The van der Waals surface area contributed by atoms with Gasteiger partial charge in [0.25, 0.3) is 5.91 Å². The van der Waals surface area contributed by atoms with Gasteiger partial charge < -0.3 is 19.7 Å². The minimum absolute atomic E-state index is 0.0116. The first-order chi connectivity index (χ1) is 17.4. The Labute approximate surface area is 220 Å². The van der Waals surface area contributed by atoms with Crippen molar-refractivity contribution in [2.75, 3.05) is 30.5 Å². The minimum atomic E-state index is -0.692. The SMILES string of the molecule is CCOc1ccc(NC(=O)C[C@@H]2C(=O)N(c3ccc(OC)cc3)C(=S)N2CCc2sccc2C)cc1. The van der Waals surface area contributed by atoms with Crippen LogP contribution in [0.25, 0.3) is 0 Å². The highest BCUT2D eigenvalue weighted by molar-refractivity contribution is 7.80. The molecule has 0 saturated carbocycles. The van der Waals surface area contributed by atoms with Crippen molar-refractivity contribution in [3.8, 4) is 11.5 Å². The molecule has 2 amide bonds. The predicted octanol–water partition coefficient (Wildman–Crippen LogP) is 5.04. The number of hydrogen-bond acceptors (Lipinski definition) is 6. The Bertz CT molecular complexity index is 1220. The van der Waals surface area contributed by atoms with Crippen LogP contribution in [-0.4, -0.2) is 48.1 Å². The molecule has 0 aliphatic carbocycles. The fraction of sp³-hybridized carbons (Fsp3) is 0.296. The Morgan fingerprint density at radius 2 is 1.78 bits per heavy atom. The number of thiocarbonyl (C=S) groups is 1. The monoisotopic (exact) mass is 523 g/mol. The number of carbonyl (C=O) groups excluding carboxylic acids is 2. The van der Waals surface area contributed by atoms with Crippen LogP contribution in [0.3, 0.4) is 0 Å². The molecule has 7 nitrogen and oxygen atoms in total. The Morgan fingerprint density at radius 3 is 2.39 bits per heavy atom. The number of nitrogens with one attached hydrogen (secondary N) is 1. The molecule has 0 spiro atoms. The number of amides is 2. The lowest BCUT2D eigenvalue weighted by molar-refractivity contribution is -0.124. The zero-order chi connectivity index (χ0) is 25.7. The predicted molar refractivity (Wildman–Crippen MR) is 147 cm³/mol. The molecule has 4 rings (SSSR count). The lowest BCUT2D eigenvalue weighted by atomic mass is 10.1. The van der Waals surface area contributed by atoms with E-state index in [2.05, 4.69) is 23.7 Å². The Morgan fingerprint density at radius 1 is 1.08 bits per heavy atom. The van der Waals surface area contributed by atoms with Gasteiger partial charge in [-0.2, -0.15) is 0 Å². The molecule has 9 heteroatoms. The molecule has 1 atom stereocenters. The third-order valence-corrected chi connectivity index (χ3v) is 7.52. The molecule has 1 aromatic heterocycles. The van der Waals surface area contributed by atoms with Gasteiger partial charge in [0.15, 0.2) is 5.11 Å². The van der Waals surface area contributed by atoms with Crippen molar-refractivity contribution in [2.45, 2.75) is 32.7 Å². The van der Waals surface area contributed by atoms with Gasteiger partial charge >= 0.3 is 0 Å². The van der Waals surface area contributed by atoms with Gasteiger partial charge in [-0.25, -0.2) is 0 Å². The summed E-state index contributed by atoms with van der Waals surface area (Å²) in [5.74, 6) is 0.953. The first-order valence-corrected chi connectivity index (χ1v) is 13.0. The summed E-state index contributed by atoms with van der Waals surface area (Å²) in [5.41, 5.74) is 2.51. The Balaban J connectivity index is 1.53. The Kier molecular flexibility index (Phi) is 8.22. The van der Waals surface area contributed by atoms with Crippen LogP contribution < -0.4 is 19.7 Å². The molecule has 2 heterocycles. The van der Waals surface area contributed by atoms with E-state index < -0.39 is 6.04 Å². The number of carbonyl (C=O) groups is 2. The van der Waals surface area contributed by atoms with Crippen LogP contribution in [0.15, 0.2) is 60.0 Å².